The number of hydrogen-bond acceptors (Lipinski definition) is 7. The molecule has 0 amide bonds. The van der Waals surface area contributed by atoms with E-state index in [-0.39, 0.29) is 29.1 Å². The van der Waals surface area contributed by atoms with Crippen molar-refractivity contribution in [2.75, 3.05) is 0 Å². The van der Waals surface area contributed by atoms with Crippen molar-refractivity contribution in [3.05, 3.63) is 105 Å². The molecule has 5 rings (SSSR count). The molecule has 0 saturated carbocycles. The van der Waals surface area contributed by atoms with E-state index >= 15 is 0 Å². The molecule has 10 nitrogen and oxygen atoms in total. The molecular formula is C23H14F3N7O3. The zero-order valence-electron chi connectivity index (χ0n) is 18.1. The lowest BCUT2D eigenvalue weighted by Crippen LogP contribution is -2.25. The van der Waals surface area contributed by atoms with E-state index in [1.165, 1.54) is 39.7 Å². The Morgan fingerprint density at radius 1 is 0.944 bits per heavy atom. The molecule has 0 spiro atoms. The smallest absolute Gasteiger partial charge is 0.286 e. The van der Waals surface area contributed by atoms with E-state index in [1.807, 2.05) is 0 Å². The topological polar surface area (TPSA) is 122 Å². The summed E-state index contributed by atoms with van der Waals surface area (Å²) in [6.07, 6.45) is -3.15. The summed E-state index contributed by atoms with van der Waals surface area (Å²) in [6, 6.07) is 16.0. The molecule has 3 heterocycles. The zero-order valence-corrected chi connectivity index (χ0v) is 18.1. The third-order valence-electron chi connectivity index (χ3n) is 5.33. The number of aromatic nitrogens is 6. The average molecular weight is 493 g/mol. The van der Waals surface area contributed by atoms with E-state index < -0.39 is 22.4 Å². The molecule has 0 saturated heterocycles. The number of rotatable bonds is 5. The Bertz CT molecular complexity index is 1650. The normalized spacial score (nSPS) is 11.6. The van der Waals surface area contributed by atoms with Crippen LogP contribution in [0.25, 0.3) is 28.1 Å². The molecule has 13 heteroatoms. The first-order valence-electron chi connectivity index (χ1n) is 10.4. The number of alkyl halides is 3. The fourth-order valence-corrected chi connectivity index (χ4v) is 3.60. The summed E-state index contributed by atoms with van der Waals surface area (Å²) < 4.78 is 42.2. The molecule has 36 heavy (non-hydrogen) atoms. The van der Waals surface area contributed by atoms with Crippen molar-refractivity contribution in [3.63, 3.8) is 0 Å². The highest BCUT2D eigenvalue weighted by Gasteiger charge is 2.33. The molecule has 0 fully saturated rings. The first-order chi connectivity index (χ1) is 17.2. The van der Waals surface area contributed by atoms with Crippen LogP contribution in [0.4, 0.5) is 18.9 Å². The highest BCUT2D eigenvalue weighted by atomic mass is 19.4. The quantitative estimate of drug-likeness (QED) is 0.268. The Balaban J connectivity index is 1.59. The summed E-state index contributed by atoms with van der Waals surface area (Å²) in [4.78, 5) is 31.6. The zero-order chi connectivity index (χ0) is 25.4. The van der Waals surface area contributed by atoms with E-state index in [4.69, 9.17) is 0 Å². The van der Waals surface area contributed by atoms with Crippen LogP contribution in [-0.4, -0.2) is 34.5 Å². The summed E-state index contributed by atoms with van der Waals surface area (Å²) >= 11 is 0. The standard InChI is InChI=1S/C23H14F3N7O3/c24-23(25,26)19-11-10-18-20(27-19)28-21(14-4-2-1-3-5-14)31(22(18)34)12-15-13-32(30-29-15)16-6-8-17(9-7-16)33(35)36/h1-11,13H,12H2. The van der Waals surface area contributed by atoms with Crippen LogP contribution >= 0.6 is 0 Å². The Labute approximate surface area is 199 Å². The second-order valence-electron chi connectivity index (χ2n) is 7.69. The summed E-state index contributed by atoms with van der Waals surface area (Å²) in [5, 5.41) is 18.9. The number of non-ortho nitro benzene ring substituents is 1. The molecule has 0 N–H and O–H groups in total. The number of fused-ring (bicyclic) bond motifs is 1. The van der Waals surface area contributed by atoms with Gasteiger partial charge >= 0.3 is 6.18 Å². The van der Waals surface area contributed by atoms with Crippen molar-refractivity contribution in [1.29, 1.82) is 0 Å². The van der Waals surface area contributed by atoms with E-state index in [2.05, 4.69) is 20.3 Å². The van der Waals surface area contributed by atoms with Gasteiger partial charge in [0.25, 0.3) is 11.2 Å². The summed E-state index contributed by atoms with van der Waals surface area (Å²) in [6.45, 7) is -0.0833. The van der Waals surface area contributed by atoms with Gasteiger partial charge in [0.15, 0.2) is 5.65 Å². The van der Waals surface area contributed by atoms with Crippen LogP contribution in [0.2, 0.25) is 0 Å². The van der Waals surface area contributed by atoms with Crippen LogP contribution in [0.5, 0.6) is 0 Å². The maximum absolute atomic E-state index is 13.3. The summed E-state index contributed by atoms with van der Waals surface area (Å²) in [5.74, 6) is 0.116. The highest BCUT2D eigenvalue weighted by Crippen LogP contribution is 2.29. The van der Waals surface area contributed by atoms with Gasteiger partial charge < -0.3 is 0 Å². The third kappa shape index (κ3) is 4.29. The van der Waals surface area contributed by atoms with Crippen LogP contribution < -0.4 is 5.56 Å². The molecule has 5 aromatic rings. The minimum Gasteiger partial charge on any atom is -0.286 e. The molecule has 180 valence electrons. The van der Waals surface area contributed by atoms with Crippen molar-refractivity contribution in [2.45, 2.75) is 12.7 Å². The van der Waals surface area contributed by atoms with Gasteiger partial charge in [-0.15, -0.1) is 5.10 Å². The number of hydrogen-bond donors (Lipinski definition) is 0. The van der Waals surface area contributed by atoms with Crippen molar-refractivity contribution >= 4 is 16.7 Å². The van der Waals surface area contributed by atoms with E-state index in [0.29, 0.717) is 16.9 Å². The highest BCUT2D eigenvalue weighted by molar-refractivity contribution is 5.76. The predicted octanol–water partition coefficient (Wildman–Crippen LogP) is 4.01. The van der Waals surface area contributed by atoms with Crippen molar-refractivity contribution in [2.24, 2.45) is 0 Å². The number of pyridine rings is 1. The Hall–Kier alpha value is -4.94. The van der Waals surface area contributed by atoms with Crippen molar-refractivity contribution in [3.8, 4) is 17.1 Å². The van der Waals surface area contributed by atoms with Crippen molar-refractivity contribution < 1.29 is 18.1 Å². The van der Waals surface area contributed by atoms with Gasteiger partial charge in [0.05, 0.1) is 28.7 Å². The molecule has 0 radical (unpaired) electrons. The van der Waals surface area contributed by atoms with Gasteiger partial charge in [0.2, 0.25) is 0 Å². The van der Waals surface area contributed by atoms with E-state index in [0.717, 1.165) is 12.1 Å². The number of benzene rings is 2. The fraction of sp³-hybridized carbons (Fsp3) is 0.0870. The number of nitro groups is 1. The van der Waals surface area contributed by atoms with Crippen molar-refractivity contribution in [1.82, 2.24) is 29.5 Å². The lowest BCUT2D eigenvalue weighted by molar-refractivity contribution is -0.384. The number of nitro benzene ring substituents is 1. The molecule has 3 aromatic heterocycles. The molecule has 0 bridgehead atoms. The Kier molecular flexibility index (Phi) is 5.51. The van der Waals surface area contributed by atoms with Gasteiger partial charge in [-0.3, -0.25) is 19.5 Å². The monoisotopic (exact) mass is 493 g/mol. The van der Waals surface area contributed by atoms with Gasteiger partial charge in [0, 0.05) is 17.7 Å². The maximum Gasteiger partial charge on any atom is 0.433 e. The van der Waals surface area contributed by atoms with Gasteiger partial charge in [-0.1, -0.05) is 35.5 Å². The minimum atomic E-state index is -4.69. The molecule has 0 aliphatic rings. The first kappa shape index (κ1) is 22.8. The molecular weight excluding hydrogens is 479 g/mol. The van der Waals surface area contributed by atoms with E-state index in [1.54, 1.807) is 30.3 Å². The number of nitrogens with zero attached hydrogens (tertiary/aromatic N) is 7. The van der Waals surface area contributed by atoms with E-state index in [9.17, 15) is 28.1 Å². The third-order valence-corrected chi connectivity index (χ3v) is 5.33. The van der Waals surface area contributed by atoms with Crippen LogP contribution in [0.3, 0.4) is 0 Å². The maximum atomic E-state index is 13.3. The molecule has 0 aliphatic heterocycles. The van der Waals surface area contributed by atoms with Gasteiger partial charge in [0.1, 0.15) is 17.2 Å². The van der Waals surface area contributed by atoms with Gasteiger partial charge in [-0.05, 0) is 24.3 Å². The van der Waals surface area contributed by atoms with Crippen LogP contribution in [0.15, 0.2) is 77.7 Å². The molecule has 0 unspecified atom stereocenters. The average Bonchev–Trinajstić information content (AvgIpc) is 3.34. The largest absolute Gasteiger partial charge is 0.433 e. The molecule has 0 atom stereocenters. The molecule has 2 aromatic carbocycles. The van der Waals surface area contributed by atoms with Gasteiger partial charge in [-0.2, -0.15) is 13.2 Å². The lowest BCUT2D eigenvalue weighted by atomic mass is 10.2. The summed E-state index contributed by atoms with van der Waals surface area (Å²) in [5.41, 5.74) is -0.778. The summed E-state index contributed by atoms with van der Waals surface area (Å²) in [7, 11) is 0. The van der Waals surface area contributed by atoms with Gasteiger partial charge in [-0.25, -0.2) is 14.6 Å². The number of halogens is 3. The SMILES string of the molecule is O=c1c2ccc(C(F)(F)F)nc2nc(-c2ccccc2)n1Cc1cn(-c2ccc([N+](=O)[O-])cc2)nn1. The Morgan fingerprint density at radius 2 is 1.67 bits per heavy atom. The van der Waals surface area contributed by atoms with Crippen LogP contribution in [-0.2, 0) is 12.7 Å². The fourth-order valence-electron chi connectivity index (χ4n) is 3.60. The first-order valence-corrected chi connectivity index (χ1v) is 10.4. The van der Waals surface area contributed by atoms with Crippen LogP contribution in [0.1, 0.15) is 11.4 Å². The second kappa shape index (κ2) is 8.69. The minimum absolute atomic E-state index is 0.0783. The molecule has 0 aliphatic carbocycles. The second-order valence-corrected chi connectivity index (χ2v) is 7.69. The van der Waals surface area contributed by atoms with Crippen LogP contribution in [0, 0.1) is 10.1 Å². The predicted molar refractivity (Wildman–Crippen MR) is 121 cm³/mol. The Morgan fingerprint density at radius 3 is 2.33 bits per heavy atom. The lowest BCUT2D eigenvalue weighted by Gasteiger charge is -2.13.